The zero-order valence-corrected chi connectivity index (χ0v) is 22.8. The van der Waals surface area contributed by atoms with E-state index in [1.54, 1.807) is 18.3 Å². The number of anilines is 1. The summed E-state index contributed by atoms with van der Waals surface area (Å²) in [6, 6.07) is 16.8. The van der Waals surface area contributed by atoms with Crippen molar-refractivity contribution in [2.24, 2.45) is 0 Å². The molecule has 38 heavy (non-hydrogen) atoms. The van der Waals surface area contributed by atoms with Crippen LogP contribution < -0.4 is 5.32 Å². The highest BCUT2D eigenvalue weighted by Crippen LogP contribution is 2.43. The normalized spacial score (nSPS) is 16.6. The molecule has 0 aliphatic carbocycles. The summed E-state index contributed by atoms with van der Waals surface area (Å²) in [4.78, 5) is 14.0. The van der Waals surface area contributed by atoms with E-state index in [0.717, 1.165) is 42.0 Å². The van der Waals surface area contributed by atoms with E-state index < -0.39 is 0 Å². The lowest BCUT2D eigenvalue weighted by Crippen LogP contribution is -2.38. The zero-order chi connectivity index (χ0) is 27.1. The van der Waals surface area contributed by atoms with Crippen LogP contribution in [-0.2, 0) is 11.0 Å². The molecule has 6 nitrogen and oxygen atoms in total. The van der Waals surface area contributed by atoms with Crippen molar-refractivity contribution in [3.05, 3.63) is 95.2 Å². The Kier molecular flexibility index (Phi) is 6.72. The van der Waals surface area contributed by atoms with Gasteiger partial charge in [-0.25, -0.2) is 13.8 Å². The number of fused-ring (bicyclic) bond motifs is 1. The van der Waals surface area contributed by atoms with Gasteiger partial charge >= 0.3 is 0 Å². The molecule has 0 saturated heterocycles. The number of carbonyl (C=O) groups is 1. The van der Waals surface area contributed by atoms with E-state index in [2.05, 4.69) is 55.3 Å². The smallest absolute Gasteiger partial charge is 0.169 e. The molecular formula is C31H36FN5O. The second kappa shape index (κ2) is 9.86. The van der Waals surface area contributed by atoms with Crippen LogP contribution in [0.15, 0.2) is 67.0 Å². The molecule has 3 heterocycles. The molecule has 4 aromatic rings. The SMILES string of the molecule is CCC(CC)(CC(=O)c1cnn2c1NC(c1ccccc1)CC2(C)C)c1cnn(-c2ccc(F)cc2)c1C. The van der Waals surface area contributed by atoms with Crippen LogP contribution in [0.4, 0.5) is 10.2 Å². The minimum Gasteiger partial charge on any atom is -0.363 e. The van der Waals surface area contributed by atoms with Gasteiger partial charge in [-0.15, -0.1) is 0 Å². The predicted molar refractivity (Wildman–Crippen MR) is 148 cm³/mol. The Labute approximate surface area is 223 Å². The number of Topliss-reactive ketones (excluding diaryl/α,β-unsaturated/α-hetero) is 1. The van der Waals surface area contributed by atoms with E-state index in [-0.39, 0.29) is 28.6 Å². The van der Waals surface area contributed by atoms with Crippen molar-refractivity contribution in [3.8, 4) is 5.69 Å². The largest absolute Gasteiger partial charge is 0.363 e. The number of nitrogens with one attached hydrogen (secondary N) is 1. The summed E-state index contributed by atoms with van der Waals surface area (Å²) < 4.78 is 17.3. The number of halogens is 1. The Morgan fingerprint density at radius 1 is 1.05 bits per heavy atom. The Morgan fingerprint density at radius 3 is 2.39 bits per heavy atom. The fourth-order valence-electron chi connectivity index (χ4n) is 5.99. The molecule has 1 aliphatic heterocycles. The molecule has 1 aliphatic rings. The summed E-state index contributed by atoms with van der Waals surface area (Å²) in [7, 11) is 0. The third kappa shape index (κ3) is 4.44. The zero-order valence-electron chi connectivity index (χ0n) is 22.8. The van der Waals surface area contributed by atoms with Crippen molar-refractivity contribution >= 4 is 11.6 Å². The van der Waals surface area contributed by atoms with Crippen LogP contribution in [0, 0.1) is 12.7 Å². The van der Waals surface area contributed by atoms with Gasteiger partial charge in [-0.05, 0) is 69.9 Å². The van der Waals surface area contributed by atoms with E-state index in [1.807, 2.05) is 40.7 Å². The molecule has 0 radical (unpaired) electrons. The number of ketones is 1. The van der Waals surface area contributed by atoms with Gasteiger partial charge < -0.3 is 5.32 Å². The lowest BCUT2D eigenvalue weighted by atomic mass is 9.71. The maximum Gasteiger partial charge on any atom is 0.169 e. The van der Waals surface area contributed by atoms with Crippen LogP contribution in [0.1, 0.15) is 86.6 Å². The molecule has 0 spiro atoms. The first-order chi connectivity index (χ1) is 18.2. The van der Waals surface area contributed by atoms with Crippen molar-refractivity contribution in [1.29, 1.82) is 0 Å². The molecule has 7 heteroatoms. The predicted octanol–water partition coefficient (Wildman–Crippen LogP) is 7.14. The Balaban J connectivity index is 1.48. The first kappa shape index (κ1) is 25.9. The lowest BCUT2D eigenvalue weighted by molar-refractivity contribution is 0.0944. The van der Waals surface area contributed by atoms with Crippen LogP contribution >= 0.6 is 0 Å². The Hall–Kier alpha value is -3.74. The average molecular weight is 514 g/mol. The second-order valence-electron chi connectivity index (χ2n) is 11.1. The third-order valence-electron chi connectivity index (χ3n) is 8.36. The topological polar surface area (TPSA) is 64.7 Å². The van der Waals surface area contributed by atoms with Gasteiger partial charge in [0, 0.05) is 23.1 Å². The maximum absolute atomic E-state index is 14.0. The summed E-state index contributed by atoms with van der Waals surface area (Å²) in [6.45, 7) is 10.6. The number of carbonyl (C=O) groups excluding carboxylic acids is 1. The monoisotopic (exact) mass is 513 g/mol. The summed E-state index contributed by atoms with van der Waals surface area (Å²) in [5.41, 5.74) is 4.04. The van der Waals surface area contributed by atoms with Crippen molar-refractivity contribution in [2.45, 2.75) is 77.3 Å². The molecule has 1 atom stereocenters. The quantitative estimate of drug-likeness (QED) is 0.254. The van der Waals surface area contributed by atoms with E-state index in [1.165, 1.54) is 17.7 Å². The van der Waals surface area contributed by atoms with E-state index >= 15 is 0 Å². The Morgan fingerprint density at radius 2 is 1.74 bits per heavy atom. The van der Waals surface area contributed by atoms with Gasteiger partial charge in [0.05, 0.1) is 35.2 Å². The number of rotatable bonds is 8. The van der Waals surface area contributed by atoms with E-state index in [9.17, 15) is 9.18 Å². The number of nitrogens with zero attached hydrogens (tertiary/aromatic N) is 4. The molecular weight excluding hydrogens is 477 g/mol. The fraction of sp³-hybridized carbons (Fsp3) is 0.387. The number of aromatic nitrogens is 4. The standard InChI is InChI=1S/C31H36FN5O/c1-6-31(7-2,26-20-33-36(21(26)3)24-15-13-23(32)14-16-24)18-28(38)25-19-34-37-29(25)35-27(17-30(37,4)5)22-11-9-8-10-12-22/h8-16,19-20,27,35H,6-7,17-18H2,1-5H3. The molecule has 0 saturated carbocycles. The van der Waals surface area contributed by atoms with Crippen LogP contribution in [0.5, 0.6) is 0 Å². The molecule has 0 bridgehead atoms. The molecule has 0 fully saturated rings. The molecule has 1 unspecified atom stereocenters. The lowest BCUT2D eigenvalue weighted by Gasteiger charge is -2.38. The second-order valence-corrected chi connectivity index (χ2v) is 11.1. The van der Waals surface area contributed by atoms with Crippen molar-refractivity contribution in [1.82, 2.24) is 19.6 Å². The van der Waals surface area contributed by atoms with E-state index in [4.69, 9.17) is 0 Å². The summed E-state index contributed by atoms with van der Waals surface area (Å²) >= 11 is 0. The van der Waals surface area contributed by atoms with Gasteiger partial charge in [-0.2, -0.15) is 10.2 Å². The van der Waals surface area contributed by atoms with Crippen LogP contribution in [0.2, 0.25) is 0 Å². The molecule has 0 amide bonds. The van der Waals surface area contributed by atoms with Gasteiger partial charge in [-0.3, -0.25) is 4.79 Å². The minimum absolute atomic E-state index is 0.0703. The van der Waals surface area contributed by atoms with Crippen LogP contribution in [0.25, 0.3) is 5.69 Å². The molecule has 1 N–H and O–H groups in total. The highest BCUT2D eigenvalue weighted by Gasteiger charge is 2.39. The van der Waals surface area contributed by atoms with Gasteiger partial charge in [0.1, 0.15) is 11.6 Å². The van der Waals surface area contributed by atoms with Gasteiger partial charge in [0.25, 0.3) is 0 Å². The average Bonchev–Trinajstić information content (AvgIpc) is 3.53. The van der Waals surface area contributed by atoms with Crippen molar-refractivity contribution in [3.63, 3.8) is 0 Å². The van der Waals surface area contributed by atoms with Crippen molar-refractivity contribution < 1.29 is 9.18 Å². The summed E-state index contributed by atoms with van der Waals surface area (Å²) in [6.07, 6.45) is 6.41. The first-order valence-corrected chi connectivity index (χ1v) is 13.4. The van der Waals surface area contributed by atoms with E-state index in [0.29, 0.717) is 12.0 Å². The highest BCUT2D eigenvalue weighted by molar-refractivity contribution is 6.01. The minimum atomic E-state index is -0.378. The fourth-order valence-corrected chi connectivity index (χ4v) is 5.99. The van der Waals surface area contributed by atoms with Gasteiger partial charge in [0.15, 0.2) is 5.78 Å². The van der Waals surface area contributed by atoms with Gasteiger partial charge in [0.2, 0.25) is 0 Å². The molecule has 2 aromatic carbocycles. The first-order valence-electron chi connectivity index (χ1n) is 13.4. The van der Waals surface area contributed by atoms with Crippen molar-refractivity contribution in [2.75, 3.05) is 5.32 Å². The van der Waals surface area contributed by atoms with Crippen LogP contribution in [0.3, 0.4) is 0 Å². The summed E-state index contributed by atoms with van der Waals surface area (Å²) in [5, 5.41) is 12.9. The number of hydrogen-bond acceptors (Lipinski definition) is 4. The summed E-state index contributed by atoms with van der Waals surface area (Å²) in [5.74, 6) is 0.581. The molecule has 5 rings (SSSR count). The Bertz CT molecular complexity index is 1430. The van der Waals surface area contributed by atoms with Crippen LogP contribution in [-0.4, -0.2) is 25.3 Å². The highest BCUT2D eigenvalue weighted by atomic mass is 19.1. The maximum atomic E-state index is 14.0. The number of hydrogen-bond donors (Lipinski definition) is 1. The third-order valence-corrected chi connectivity index (χ3v) is 8.36. The molecule has 2 aromatic heterocycles. The number of benzene rings is 2. The molecule has 198 valence electrons. The van der Waals surface area contributed by atoms with Gasteiger partial charge in [-0.1, -0.05) is 44.2 Å².